The molecule has 90 valence electrons. The Morgan fingerprint density at radius 3 is 2.83 bits per heavy atom. The first-order chi connectivity index (χ1) is 8.69. The Bertz CT molecular complexity index is 608. The van der Waals surface area contributed by atoms with E-state index < -0.39 is 0 Å². The topological polar surface area (TPSA) is 45.9 Å². The first-order valence-corrected chi connectivity index (χ1v) is 5.88. The first-order valence-electron chi connectivity index (χ1n) is 5.13. The highest BCUT2D eigenvalue weighted by atomic mass is 35.5. The van der Waals surface area contributed by atoms with E-state index in [9.17, 15) is 0 Å². The molecule has 1 heterocycles. The van der Waals surface area contributed by atoms with Crippen LogP contribution in [0.25, 0.3) is 0 Å². The van der Waals surface area contributed by atoms with Crippen molar-refractivity contribution < 1.29 is 4.74 Å². The summed E-state index contributed by atoms with van der Waals surface area (Å²) in [7, 11) is 0. The van der Waals surface area contributed by atoms with Gasteiger partial charge >= 0.3 is 0 Å². The van der Waals surface area contributed by atoms with Gasteiger partial charge in [0.2, 0.25) is 0 Å². The van der Waals surface area contributed by atoms with Crippen LogP contribution in [0.2, 0.25) is 10.2 Å². The number of aromatic nitrogens is 1. The number of pyridine rings is 1. The third-order valence-electron chi connectivity index (χ3n) is 2.22. The number of benzene rings is 1. The molecule has 1 aromatic carbocycles. The Kier molecular flexibility index (Phi) is 4.03. The summed E-state index contributed by atoms with van der Waals surface area (Å²) in [5.41, 5.74) is 1.10. The van der Waals surface area contributed by atoms with Crippen LogP contribution < -0.4 is 4.74 Å². The predicted octanol–water partition coefficient (Wildman–Crippen LogP) is 3.84. The maximum atomic E-state index is 8.77. The van der Waals surface area contributed by atoms with Crippen LogP contribution in [-0.4, -0.2) is 4.98 Å². The van der Waals surface area contributed by atoms with Crippen molar-refractivity contribution >= 4 is 23.2 Å². The van der Waals surface area contributed by atoms with Crippen molar-refractivity contribution in [3.05, 3.63) is 57.8 Å². The molecule has 0 fully saturated rings. The molecule has 0 aliphatic carbocycles. The minimum atomic E-state index is 0.203. The number of rotatable bonds is 3. The highest BCUT2D eigenvalue weighted by Crippen LogP contribution is 2.20. The summed E-state index contributed by atoms with van der Waals surface area (Å²) in [5.74, 6) is 0.590. The molecule has 5 heteroatoms. The molecule has 2 rings (SSSR count). The van der Waals surface area contributed by atoms with Crippen LogP contribution in [0.5, 0.6) is 5.75 Å². The quantitative estimate of drug-likeness (QED) is 0.802. The molecule has 0 spiro atoms. The number of hydrogen-bond donors (Lipinski definition) is 0. The third-order valence-corrected chi connectivity index (χ3v) is 2.78. The van der Waals surface area contributed by atoms with Gasteiger partial charge in [0.05, 0.1) is 22.3 Å². The third kappa shape index (κ3) is 3.13. The first kappa shape index (κ1) is 12.7. The largest absolute Gasteiger partial charge is 0.487 e. The molecule has 0 bridgehead atoms. The molecule has 0 saturated carbocycles. The fourth-order valence-corrected chi connectivity index (χ4v) is 1.69. The molecule has 0 atom stereocenters. The molecule has 0 unspecified atom stereocenters. The van der Waals surface area contributed by atoms with Crippen molar-refractivity contribution in [3.63, 3.8) is 0 Å². The fourth-order valence-electron chi connectivity index (χ4n) is 1.37. The van der Waals surface area contributed by atoms with Crippen LogP contribution in [0, 0.1) is 11.3 Å². The summed E-state index contributed by atoms with van der Waals surface area (Å²) in [6.45, 7) is 0.203. The molecular weight excluding hydrogens is 271 g/mol. The lowest BCUT2D eigenvalue weighted by molar-refractivity contribution is 0.301. The van der Waals surface area contributed by atoms with Gasteiger partial charge in [-0.2, -0.15) is 5.26 Å². The zero-order chi connectivity index (χ0) is 13.0. The summed E-state index contributed by atoms with van der Waals surface area (Å²) in [4.78, 5) is 4.07. The lowest BCUT2D eigenvalue weighted by atomic mass is 10.2. The second-order valence-corrected chi connectivity index (χ2v) is 4.29. The van der Waals surface area contributed by atoms with Crippen molar-refractivity contribution in [1.82, 2.24) is 4.98 Å². The normalized spacial score (nSPS) is 9.83. The molecule has 3 nitrogen and oxygen atoms in total. The lowest BCUT2D eigenvalue weighted by Gasteiger charge is -2.07. The molecule has 0 radical (unpaired) electrons. The van der Waals surface area contributed by atoms with Crippen molar-refractivity contribution in [2.75, 3.05) is 0 Å². The van der Waals surface area contributed by atoms with Crippen molar-refractivity contribution in [2.24, 2.45) is 0 Å². The van der Waals surface area contributed by atoms with Crippen LogP contribution in [0.1, 0.15) is 11.3 Å². The zero-order valence-electron chi connectivity index (χ0n) is 9.23. The Hall–Kier alpha value is -1.76. The summed E-state index contributed by atoms with van der Waals surface area (Å²) in [6, 6.07) is 12.2. The highest BCUT2D eigenvalue weighted by molar-refractivity contribution is 6.32. The van der Waals surface area contributed by atoms with Gasteiger partial charge in [-0.3, -0.25) is 0 Å². The van der Waals surface area contributed by atoms with Gasteiger partial charge in [-0.1, -0.05) is 29.3 Å². The van der Waals surface area contributed by atoms with E-state index in [-0.39, 0.29) is 6.61 Å². The van der Waals surface area contributed by atoms with Gasteiger partial charge in [-0.15, -0.1) is 0 Å². The number of halogens is 2. The Morgan fingerprint density at radius 1 is 1.22 bits per heavy atom. The molecule has 0 saturated heterocycles. The summed E-state index contributed by atoms with van der Waals surface area (Å²) in [6.07, 6.45) is 0. The average Bonchev–Trinajstić information content (AvgIpc) is 2.40. The number of nitriles is 1. The smallest absolute Gasteiger partial charge is 0.132 e. The monoisotopic (exact) mass is 278 g/mol. The molecule has 0 aliphatic heterocycles. The molecule has 0 aliphatic rings. The molecular formula is C13H8Cl2N2O. The maximum absolute atomic E-state index is 8.77. The van der Waals surface area contributed by atoms with E-state index in [4.69, 9.17) is 33.2 Å². The minimum Gasteiger partial charge on any atom is -0.487 e. The van der Waals surface area contributed by atoms with Crippen molar-refractivity contribution in [2.45, 2.75) is 6.61 Å². The van der Waals surface area contributed by atoms with Gasteiger partial charge in [-0.05, 0) is 30.3 Å². The van der Waals surface area contributed by atoms with E-state index in [1.165, 1.54) is 0 Å². The molecule has 1 aromatic heterocycles. The van der Waals surface area contributed by atoms with E-state index >= 15 is 0 Å². The molecule has 0 amide bonds. The fraction of sp³-hybridized carbons (Fsp3) is 0.0769. The van der Waals surface area contributed by atoms with E-state index in [2.05, 4.69) is 4.98 Å². The van der Waals surface area contributed by atoms with Gasteiger partial charge in [0.25, 0.3) is 0 Å². The van der Waals surface area contributed by atoms with Gasteiger partial charge in [0.15, 0.2) is 0 Å². The van der Waals surface area contributed by atoms with E-state index in [1.54, 1.807) is 36.4 Å². The van der Waals surface area contributed by atoms with Gasteiger partial charge in [0, 0.05) is 0 Å². The zero-order valence-corrected chi connectivity index (χ0v) is 10.7. The van der Waals surface area contributed by atoms with Crippen LogP contribution >= 0.6 is 23.2 Å². The van der Waals surface area contributed by atoms with Crippen molar-refractivity contribution in [3.8, 4) is 11.8 Å². The Balaban J connectivity index is 2.11. The Morgan fingerprint density at radius 2 is 2.06 bits per heavy atom. The van der Waals surface area contributed by atoms with Crippen molar-refractivity contribution in [1.29, 1.82) is 5.26 Å². The number of hydrogen-bond acceptors (Lipinski definition) is 3. The second kappa shape index (κ2) is 5.72. The summed E-state index contributed by atoms with van der Waals surface area (Å²) >= 11 is 11.7. The van der Waals surface area contributed by atoms with Gasteiger partial charge in [0.1, 0.15) is 17.5 Å². The Labute approximate surface area is 115 Å². The van der Waals surface area contributed by atoms with Crippen LogP contribution in [0.15, 0.2) is 36.4 Å². The molecule has 2 aromatic rings. The minimum absolute atomic E-state index is 0.203. The molecule has 0 N–H and O–H groups in total. The van der Waals surface area contributed by atoms with E-state index in [0.717, 1.165) is 0 Å². The maximum Gasteiger partial charge on any atom is 0.132 e. The molecule has 18 heavy (non-hydrogen) atoms. The van der Waals surface area contributed by atoms with Gasteiger partial charge < -0.3 is 4.74 Å². The number of ether oxygens (including phenoxy) is 1. The van der Waals surface area contributed by atoms with Crippen LogP contribution in [0.4, 0.5) is 0 Å². The summed E-state index contributed by atoms with van der Waals surface area (Å²) in [5, 5.41) is 9.63. The van der Waals surface area contributed by atoms with Crippen LogP contribution in [0.3, 0.4) is 0 Å². The van der Waals surface area contributed by atoms with E-state index in [1.807, 2.05) is 6.07 Å². The summed E-state index contributed by atoms with van der Waals surface area (Å²) < 4.78 is 5.51. The van der Waals surface area contributed by atoms with Crippen LogP contribution in [-0.2, 0) is 6.61 Å². The standard InChI is InChI=1S/C13H8Cl2N2O/c14-11-4-5-13(15)17-12(11)8-18-10-3-1-2-9(6-10)7-16/h1-6H,8H2. The highest BCUT2D eigenvalue weighted by Gasteiger charge is 2.04. The van der Waals surface area contributed by atoms with Gasteiger partial charge in [-0.25, -0.2) is 4.98 Å². The number of nitrogens with zero attached hydrogens (tertiary/aromatic N) is 2. The second-order valence-electron chi connectivity index (χ2n) is 3.49. The average molecular weight is 279 g/mol. The predicted molar refractivity (Wildman–Crippen MR) is 69.7 cm³/mol. The van der Waals surface area contributed by atoms with E-state index in [0.29, 0.717) is 27.2 Å². The lowest BCUT2D eigenvalue weighted by Crippen LogP contribution is -1.99. The SMILES string of the molecule is N#Cc1cccc(OCc2nc(Cl)ccc2Cl)c1.